The fourth-order valence-corrected chi connectivity index (χ4v) is 1.67. The number of nitrogens with zero attached hydrogens (tertiary/aromatic N) is 1. The van der Waals surface area contributed by atoms with Crippen molar-refractivity contribution in [2.45, 2.75) is 6.42 Å². The third-order valence-electron chi connectivity index (χ3n) is 2.39. The number of rotatable bonds is 1. The van der Waals surface area contributed by atoms with Gasteiger partial charge < -0.3 is 9.94 Å². The summed E-state index contributed by atoms with van der Waals surface area (Å²) in [5, 5.41) is 11.4. The lowest BCUT2D eigenvalue weighted by Crippen LogP contribution is -2.08. The molecule has 5 heteroatoms. The van der Waals surface area contributed by atoms with Gasteiger partial charge in [-0.15, -0.1) is 0 Å². The number of fused-ring (bicyclic) bond motifs is 1. The van der Waals surface area contributed by atoms with Gasteiger partial charge in [-0.3, -0.25) is 4.79 Å². The molecule has 1 N–H and O–H groups in total. The highest BCUT2D eigenvalue weighted by atomic mass is 19.1. The molecule has 4 nitrogen and oxygen atoms in total. The number of halogens is 1. The van der Waals surface area contributed by atoms with Gasteiger partial charge in [-0.25, -0.2) is 4.39 Å². The molecule has 0 bridgehead atoms. The van der Waals surface area contributed by atoms with E-state index in [4.69, 9.17) is 9.94 Å². The molecule has 0 heterocycles. The van der Waals surface area contributed by atoms with Crippen LogP contribution in [0.25, 0.3) is 0 Å². The van der Waals surface area contributed by atoms with E-state index in [1.807, 2.05) is 0 Å². The van der Waals surface area contributed by atoms with Gasteiger partial charge in [0.2, 0.25) is 5.78 Å². The summed E-state index contributed by atoms with van der Waals surface area (Å²) >= 11 is 0. The van der Waals surface area contributed by atoms with Crippen molar-refractivity contribution >= 4 is 11.5 Å². The second kappa shape index (κ2) is 3.34. The predicted molar refractivity (Wildman–Crippen MR) is 50.2 cm³/mol. The lowest BCUT2D eigenvalue weighted by molar-refractivity contribution is 0.106. The summed E-state index contributed by atoms with van der Waals surface area (Å²) in [7, 11) is 1.40. The van der Waals surface area contributed by atoms with Crippen LogP contribution in [0.2, 0.25) is 0 Å². The van der Waals surface area contributed by atoms with E-state index in [2.05, 4.69) is 5.16 Å². The Balaban J connectivity index is 2.67. The number of ketones is 1. The SMILES string of the molecule is COc1ccc(F)c2c1C(=O)/C(=N/O)C2. The Kier molecular flexibility index (Phi) is 2.15. The zero-order chi connectivity index (χ0) is 11.0. The molecule has 2 rings (SSSR count). The van der Waals surface area contributed by atoms with Gasteiger partial charge in [-0.1, -0.05) is 5.16 Å². The second-order valence-corrected chi connectivity index (χ2v) is 3.16. The van der Waals surface area contributed by atoms with Crippen molar-refractivity contribution in [3.63, 3.8) is 0 Å². The van der Waals surface area contributed by atoms with Crippen molar-refractivity contribution in [1.29, 1.82) is 0 Å². The van der Waals surface area contributed by atoms with Crippen LogP contribution in [0.5, 0.6) is 5.75 Å². The minimum absolute atomic E-state index is 0.00764. The smallest absolute Gasteiger partial charge is 0.215 e. The molecule has 1 aromatic rings. The average Bonchev–Trinajstić information content (AvgIpc) is 2.58. The fraction of sp³-hybridized carbons (Fsp3) is 0.200. The largest absolute Gasteiger partial charge is 0.496 e. The van der Waals surface area contributed by atoms with Crippen LogP contribution >= 0.6 is 0 Å². The summed E-state index contributed by atoms with van der Waals surface area (Å²) in [6.07, 6.45) is 0.00764. The molecule has 0 amide bonds. The highest BCUT2D eigenvalue weighted by Crippen LogP contribution is 2.31. The molecule has 0 unspecified atom stereocenters. The first-order chi connectivity index (χ1) is 7.19. The number of oxime groups is 1. The fourth-order valence-electron chi connectivity index (χ4n) is 1.67. The maximum absolute atomic E-state index is 13.3. The molecule has 1 aliphatic carbocycles. The molecule has 15 heavy (non-hydrogen) atoms. The second-order valence-electron chi connectivity index (χ2n) is 3.16. The maximum atomic E-state index is 13.3. The predicted octanol–water partition coefficient (Wildman–Crippen LogP) is 1.40. The lowest BCUT2D eigenvalue weighted by Gasteiger charge is -2.05. The van der Waals surface area contributed by atoms with Gasteiger partial charge in [-0.05, 0) is 12.1 Å². The number of carbonyl (C=O) groups excluding carboxylic acids is 1. The molecule has 1 aromatic carbocycles. The summed E-state index contributed by atoms with van der Waals surface area (Å²) < 4.78 is 18.3. The minimum atomic E-state index is -0.488. The van der Waals surface area contributed by atoms with E-state index in [1.165, 1.54) is 19.2 Å². The van der Waals surface area contributed by atoms with Crippen molar-refractivity contribution in [2.24, 2.45) is 5.16 Å². The molecule has 0 spiro atoms. The Hall–Kier alpha value is -1.91. The Morgan fingerprint density at radius 2 is 2.27 bits per heavy atom. The van der Waals surface area contributed by atoms with Crippen LogP contribution in [0.1, 0.15) is 15.9 Å². The van der Waals surface area contributed by atoms with Gasteiger partial charge in [0.15, 0.2) is 0 Å². The molecule has 0 aromatic heterocycles. The number of carbonyl (C=O) groups is 1. The molecule has 0 radical (unpaired) electrons. The average molecular weight is 209 g/mol. The molecule has 0 atom stereocenters. The molecule has 0 aliphatic heterocycles. The van der Waals surface area contributed by atoms with Gasteiger partial charge in [-0.2, -0.15) is 0 Å². The van der Waals surface area contributed by atoms with Crippen LogP contribution in [-0.4, -0.2) is 23.8 Å². The van der Waals surface area contributed by atoms with Crippen LogP contribution in [-0.2, 0) is 6.42 Å². The molecule has 0 saturated carbocycles. The standard InChI is InChI=1S/C10H8FNO3/c1-15-8-3-2-6(11)5-4-7(12-14)10(13)9(5)8/h2-3,14H,4H2,1H3/b12-7+. The number of ether oxygens (including phenoxy) is 1. The minimum Gasteiger partial charge on any atom is -0.496 e. The Morgan fingerprint density at radius 3 is 2.87 bits per heavy atom. The van der Waals surface area contributed by atoms with E-state index in [0.29, 0.717) is 5.75 Å². The van der Waals surface area contributed by atoms with E-state index in [1.54, 1.807) is 0 Å². The van der Waals surface area contributed by atoms with E-state index in [0.717, 1.165) is 0 Å². The summed E-state index contributed by atoms with van der Waals surface area (Å²) in [4.78, 5) is 11.6. The number of Topliss-reactive ketones (excluding diaryl/α,β-unsaturated/α-hetero) is 1. The van der Waals surface area contributed by atoms with E-state index < -0.39 is 11.6 Å². The summed E-state index contributed by atoms with van der Waals surface area (Å²) in [5.74, 6) is -0.670. The van der Waals surface area contributed by atoms with Gasteiger partial charge in [0.25, 0.3) is 0 Å². The van der Waals surface area contributed by atoms with E-state index >= 15 is 0 Å². The van der Waals surface area contributed by atoms with Crippen molar-refractivity contribution < 1.29 is 19.1 Å². The quantitative estimate of drug-likeness (QED) is 0.561. The van der Waals surface area contributed by atoms with Crippen molar-refractivity contribution in [3.05, 3.63) is 29.1 Å². The van der Waals surface area contributed by atoms with Crippen LogP contribution in [0.15, 0.2) is 17.3 Å². The molecular formula is C10H8FNO3. The van der Waals surface area contributed by atoms with Gasteiger partial charge in [0.05, 0.1) is 12.7 Å². The molecule has 0 fully saturated rings. The Labute approximate surface area is 85.0 Å². The topological polar surface area (TPSA) is 58.9 Å². The first-order valence-electron chi connectivity index (χ1n) is 4.30. The van der Waals surface area contributed by atoms with Gasteiger partial charge >= 0.3 is 0 Å². The normalized spacial score (nSPS) is 16.9. The molecule has 78 valence electrons. The zero-order valence-electron chi connectivity index (χ0n) is 7.95. The third-order valence-corrected chi connectivity index (χ3v) is 2.39. The van der Waals surface area contributed by atoms with Gasteiger partial charge in [0.1, 0.15) is 17.3 Å². The van der Waals surface area contributed by atoms with Gasteiger partial charge in [0, 0.05) is 12.0 Å². The van der Waals surface area contributed by atoms with E-state index in [9.17, 15) is 9.18 Å². The third kappa shape index (κ3) is 1.27. The van der Waals surface area contributed by atoms with Crippen molar-refractivity contribution in [2.75, 3.05) is 7.11 Å². The highest BCUT2D eigenvalue weighted by molar-refractivity contribution is 6.50. The van der Waals surface area contributed by atoms with Crippen LogP contribution < -0.4 is 4.74 Å². The molecule has 0 saturated heterocycles. The number of hydrogen-bond acceptors (Lipinski definition) is 4. The first-order valence-corrected chi connectivity index (χ1v) is 4.30. The van der Waals surface area contributed by atoms with Crippen LogP contribution in [0.4, 0.5) is 4.39 Å². The highest BCUT2D eigenvalue weighted by Gasteiger charge is 2.32. The molecular weight excluding hydrogens is 201 g/mol. The monoisotopic (exact) mass is 209 g/mol. The van der Waals surface area contributed by atoms with Crippen molar-refractivity contribution in [1.82, 2.24) is 0 Å². The zero-order valence-corrected chi connectivity index (χ0v) is 7.95. The number of hydrogen-bond donors (Lipinski definition) is 1. The summed E-state index contributed by atoms with van der Waals surface area (Å²) in [6.45, 7) is 0. The first kappa shape index (κ1) is 9.64. The lowest BCUT2D eigenvalue weighted by atomic mass is 10.1. The van der Waals surface area contributed by atoms with Crippen LogP contribution in [0.3, 0.4) is 0 Å². The number of methoxy groups -OCH3 is 1. The Bertz CT molecular complexity index is 468. The Morgan fingerprint density at radius 1 is 1.53 bits per heavy atom. The van der Waals surface area contributed by atoms with Crippen LogP contribution in [0, 0.1) is 5.82 Å². The molecule has 1 aliphatic rings. The van der Waals surface area contributed by atoms with Crippen molar-refractivity contribution in [3.8, 4) is 5.75 Å². The number of benzene rings is 1. The summed E-state index contributed by atoms with van der Waals surface area (Å²) in [5.41, 5.74) is 0.325. The summed E-state index contributed by atoms with van der Waals surface area (Å²) in [6, 6.07) is 2.61. The maximum Gasteiger partial charge on any atom is 0.215 e. The van der Waals surface area contributed by atoms with E-state index in [-0.39, 0.29) is 23.3 Å².